The van der Waals surface area contributed by atoms with Crippen molar-refractivity contribution in [1.82, 2.24) is 0 Å². The Morgan fingerprint density at radius 3 is 1.85 bits per heavy atom. The normalized spacial score (nSPS) is 29.1. The Balaban J connectivity index is 1.13. The van der Waals surface area contributed by atoms with E-state index in [1.54, 1.807) is 11.1 Å². The van der Waals surface area contributed by atoms with Crippen molar-refractivity contribution < 1.29 is 0 Å². The maximum Gasteiger partial charge on any atom is 0.0543 e. The zero-order valence-electron chi connectivity index (χ0n) is 32.8. The monoisotopic (exact) mass is 713 g/mol. The van der Waals surface area contributed by atoms with Crippen LogP contribution in [-0.4, -0.2) is 0 Å². The van der Waals surface area contributed by atoms with Gasteiger partial charge in [0.1, 0.15) is 0 Å². The molecule has 55 heavy (non-hydrogen) atoms. The van der Waals surface area contributed by atoms with Crippen LogP contribution in [0.3, 0.4) is 0 Å². The summed E-state index contributed by atoms with van der Waals surface area (Å²) >= 11 is 0. The number of nitrogens with zero attached hydrogens (tertiary/aromatic N) is 1. The van der Waals surface area contributed by atoms with E-state index >= 15 is 0 Å². The second kappa shape index (κ2) is 10.9. The Kier molecular flexibility index (Phi) is 6.42. The fourth-order valence-corrected chi connectivity index (χ4v) is 14.1. The molecule has 0 saturated heterocycles. The van der Waals surface area contributed by atoms with Gasteiger partial charge < -0.3 is 4.90 Å². The molecule has 1 heteroatoms. The van der Waals surface area contributed by atoms with Crippen molar-refractivity contribution in [1.29, 1.82) is 0 Å². The third kappa shape index (κ3) is 4.05. The van der Waals surface area contributed by atoms with E-state index in [2.05, 4.69) is 172 Å². The Morgan fingerprint density at radius 2 is 1.13 bits per heavy atom. The number of rotatable bonds is 5. The van der Waals surface area contributed by atoms with E-state index in [1.165, 1.54) is 100 Å². The molecule has 0 heterocycles. The molecule has 6 aromatic carbocycles. The Hall–Kier alpha value is -4.88. The summed E-state index contributed by atoms with van der Waals surface area (Å²) in [4.78, 5) is 2.69. The first-order valence-corrected chi connectivity index (χ1v) is 21.2. The van der Waals surface area contributed by atoms with Crippen LogP contribution < -0.4 is 4.90 Å². The fourth-order valence-electron chi connectivity index (χ4n) is 14.1. The van der Waals surface area contributed by atoms with Crippen LogP contribution in [0, 0.1) is 29.1 Å². The molecule has 4 fully saturated rings. The third-order valence-corrected chi connectivity index (χ3v) is 16.4. The standard InChI is InChI=1S/C54H51N/c1-51(2)27-28-52(3,4)50-44(51)18-12-20-46(50)55(40-24-21-37(22-25-40)35-13-7-5-8-14-35)45-19-11-17-43-49(45)41-31-38(36-15-9-6-10-16-36)23-26-42(41)54(43)47-30-34-29-39-32-48(54)53(39,47)33-34/h5-26,31,34,39,47-48H,27-30,32-33H2,1-4H3. The zero-order chi connectivity index (χ0) is 36.9. The van der Waals surface area contributed by atoms with Gasteiger partial charge in [-0.25, -0.2) is 0 Å². The molecule has 0 aromatic heterocycles. The number of hydrogen-bond donors (Lipinski definition) is 0. The lowest BCUT2D eigenvalue weighted by atomic mass is 9.27. The van der Waals surface area contributed by atoms with E-state index in [0.29, 0.717) is 5.41 Å². The van der Waals surface area contributed by atoms with Crippen molar-refractivity contribution in [2.24, 2.45) is 29.1 Å². The first-order valence-electron chi connectivity index (χ1n) is 21.2. The van der Waals surface area contributed by atoms with Gasteiger partial charge in [-0.1, -0.05) is 137 Å². The maximum atomic E-state index is 2.69. The van der Waals surface area contributed by atoms with E-state index in [9.17, 15) is 0 Å². The molecule has 6 aliphatic rings. The molecule has 4 saturated carbocycles. The smallest absolute Gasteiger partial charge is 0.0543 e. The van der Waals surface area contributed by atoms with Crippen LogP contribution in [0.2, 0.25) is 0 Å². The van der Waals surface area contributed by atoms with Gasteiger partial charge in [-0.15, -0.1) is 0 Å². The minimum atomic E-state index is 0.0472. The second-order valence-corrected chi connectivity index (χ2v) is 19.6. The average Bonchev–Trinajstić information content (AvgIpc) is 3.85. The van der Waals surface area contributed by atoms with E-state index < -0.39 is 0 Å². The van der Waals surface area contributed by atoms with Gasteiger partial charge in [0.05, 0.1) is 11.4 Å². The summed E-state index contributed by atoms with van der Waals surface area (Å²) in [6.45, 7) is 9.90. The predicted molar refractivity (Wildman–Crippen MR) is 228 cm³/mol. The number of anilines is 3. The molecule has 0 amide bonds. The number of benzene rings is 6. The first kappa shape index (κ1) is 32.4. The van der Waals surface area contributed by atoms with Crippen LogP contribution >= 0.6 is 0 Å². The summed E-state index contributed by atoms with van der Waals surface area (Å²) in [5, 5.41) is 0. The SMILES string of the molecule is CC1(C)CCC(C)(C)c2c(N(c3ccc(-c4ccccc4)cc3)c3cccc4c3-c3cc(-c5ccccc5)ccc3C43C4CC5CC6CC3C64C5)cccc21. The van der Waals surface area contributed by atoms with Crippen molar-refractivity contribution in [3.05, 3.63) is 162 Å². The molecule has 0 aliphatic heterocycles. The van der Waals surface area contributed by atoms with Crippen molar-refractivity contribution in [2.75, 3.05) is 4.90 Å². The Labute approximate surface area is 327 Å². The van der Waals surface area contributed by atoms with Gasteiger partial charge in [0, 0.05) is 16.7 Å². The van der Waals surface area contributed by atoms with Gasteiger partial charge in [-0.2, -0.15) is 0 Å². The van der Waals surface area contributed by atoms with Gasteiger partial charge in [-0.3, -0.25) is 0 Å². The fraction of sp³-hybridized carbons (Fsp3) is 0.333. The van der Waals surface area contributed by atoms with Gasteiger partial charge >= 0.3 is 0 Å². The van der Waals surface area contributed by atoms with Crippen molar-refractivity contribution in [3.8, 4) is 33.4 Å². The predicted octanol–water partition coefficient (Wildman–Crippen LogP) is 14.2. The van der Waals surface area contributed by atoms with E-state index in [1.807, 2.05) is 0 Å². The van der Waals surface area contributed by atoms with Crippen LogP contribution in [0.5, 0.6) is 0 Å². The van der Waals surface area contributed by atoms with Crippen molar-refractivity contribution in [3.63, 3.8) is 0 Å². The Morgan fingerprint density at radius 1 is 0.509 bits per heavy atom. The summed E-state index contributed by atoms with van der Waals surface area (Å²) in [5.41, 5.74) is 19.1. The van der Waals surface area contributed by atoms with Crippen LogP contribution in [0.1, 0.15) is 88.5 Å². The largest absolute Gasteiger partial charge is 0.310 e. The molecule has 6 atom stereocenters. The quantitative estimate of drug-likeness (QED) is 0.172. The summed E-state index contributed by atoms with van der Waals surface area (Å²) in [5.74, 6) is 3.43. The topological polar surface area (TPSA) is 3.24 Å². The number of hydrogen-bond acceptors (Lipinski definition) is 1. The molecular formula is C54H51N. The van der Waals surface area contributed by atoms with Gasteiger partial charge in [0.15, 0.2) is 0 Å². The van der Waals surface area contributed by atoms with Gasteiger partial charge in [0.2, 0.25) is 0 Å². The summed E-state index contributed by atoms with van der Waals surface area (Å²) in [6.07, 6.45) is 8.19. The second-order valence-electron chi connectivity index (χ2n) is 19.6. The molecule has 0 N–H and O–H groups in total. The lowest BCUT2D eigenvalue weighted by Crippen LogP contribution is -2.73. The molecule has 1 nitrogen and oxygen atoms in total. The van der Waals surface area contributed by atoms with Crippen LogP contribution in [-0.2, 0) is 16.2 Å². The third-order valence-electron chi connectivity index (χ3n) is 16.4. The highest BCUT2D eigenvalue weighted by atomic mass is 15.2. The molecule has 6 unspecified atom stereocenters. The average molecular weight is 714 g/mol. The molecule has 6 aromatic rings. The summed E-state index contributed by atoms with van der Waals surface area (Å²) in [6, 6.07) is 53.6. The molecule has 2 spiro atoms. The van der Waals surface area contributed by atoms with E-state index in [4.69, 9.17) is 0 Å². The molecule has 12 rings (SSSR count). The lowest BCUT2D eigenvalue weighted by Gasteiger charge is -2.76. The first-order chi connectivity index (χ1) is 26.7. The van der Waals surface area contributed by atoms with E-state index in [0.717, 1.165) is 23.7 Å². The maximum absolute atomic E-state index is 2.69. The highest BCUT2D eigenvalue weighted by molar-refractivity contribution is 5.98. The lowest BCUT2D eigenvalue weighted by molar-refractivity contribution is -0.231. The molecular weight excluding hydrogens is 663 g/mol. The molecule has 0 radical (unpaired) electrons. The van der Waals surface area contributed by atoms with Crippen molar-refractivity contribution >= 4 is 17.1 Å². The highest BCUT2D eigenvalue weighted by Gasteiger charge is 2.84. The number of fused-ring (bicyclic) bond motifs is 9. The van der Waals surface area contributed by atoms with Crippen LogP contribution in [0.4, 0.5) is 17.1 Å². The van der Waals surface area contributed by atoms with Crippen LogP contribution in [0.15, 0.2) is 140 Å². The Bertz CT molecular complexity index is 2530. The molecule has 272 valence electrons. The zero-order valence-corrected chi connectivity index (χ0v) is 32.8. The summed E-state index contributed by atoms with van der Waals surface area (Å²) in [7, 11) is 0. The van der Waals surface area contributed by atoms with Crippen molar-refractivity contribution in [2.45, 2.75) is 82.5 Å². The van der Waals surface area contributed by atoms with E-state index in [-0.39, 0.29) is 16.2 Å². The van der Waals surface area contributed by atoms with Gasteiger partial charge in [0.25, 0.3) is 0 Å². The van der Waals surface area contributed by atoms with Crippen LogP contribution in [0.25, 0.3) is 33.4 Å². The summed E-state index contributed by atoms with van der Waals surface area (Å²) < 4.78 is 0. The van der Waals surface area contributed by atoms with Gasteiger partial charge in [-0.05, 0) is 159 Å². The molecule has 2 bridgehead atoms. The highest BCUT2D eigenvalue weighted by Crippen LogP contribution is 2.90. The minimum Gasteiger partial charge on any atom is -0.310 e. The molecule has 6 aliphatic carbocycles. The minimum absolute atomic E-state index is 0.0472.